The number of carbonyl (C=O) groups is 2. The lowest BCUT2D eigenvalue weighted by atomic mass is 9.96. The van der Waals surface area contributed by atoms with Crippen molar-refractivity contribution < 1.29 is 23.8 Å². The maximum atomic E-state index is 11.6. The Morgan fingerprint density at radius 1 is 1.00 bits per heavy atom. The summed E-state index contributed by atoms with van der Waals surface area (Å²) in [5.41, 5.74) is 0.555. The molecule has 0 unspecified atom stereocenters. The molecule has 0 radical (unpaired) electrons. The molecule has 0 aromatic heterocycles. The summed E-state index contributed by atoms with van der Waals surface area (Å²) in [6.45, 7) is 0. The van der Waals surface area contributed by atoms with Crippen LogP contribution in [0.2, 0.25) is 0 Å². The molecule has 1 aliphatic rings. The van der Waals surface area contributed by atoms with Gasteiger partial charge in [-0.3, -0.25) is 0 Å². The summed E-state index contributed by atoms with van der Waals surface area (Å²) in [6, 6.07) is 4.60. The molecule has 5 heteroatoms. The fourth-order valence-corrected chi connectivity index (χ4v) is 1.82. The van der Waals surface area contributed by atoms with Crippen molar-refractivity contribution in [2.45, 2.75) is 25.4 Å². The Labute approximate surface area is 111 Å². The van der Waals surface area contributed by atoms with Crippen LogP contribution in [0.4, 0.5) is 0 Å². The van der Waals surface area contributed by atoms with E-state index in [0.29, 0.717) is 5.75 Å². The molecule has 102 valence electrons. The highest BCUT2D eigenvalue weighted by Crippen LogP contribution is 2.27. The Kier molecular flexibility index (Phi) is 4.04. The van der Waals surface area contributed by atoms with E-state index in [1.165, 1.54) is 20.3 Å². The van der Waals surface area contributed by atoms with E-state index in [4.69, 9.17) is 4.74 Å². The number of hydrogen-bond acceptors (Lipinski definition) is 5. The first kappa shape index (κ1) is 13.4. The number of benzene rings is 1. The lowest BCUT2D eigenvalue weighted by Gasteiger charge is -2.26. The Morgan fingerprint density at radius 3 is 1.89 bits per heavy atom. The van der Waals surface area contributed by atoms with Gasteiger partial charge in [-0.2, -0.15) is 0 Å². The van der Waals surface area contributed by atoms with Gasteiger partial charge in [0.25, 0.3) is 0 Å². The highest BCUT2D eigenvalue weighted by atomic mass is 16.5. The van der Waals surface area contributed by atoms with Gasteiger partial charge in [0.05, 0.1) is 31.5 Å². The van der Waals surface area contributed by atoms with E-state index in [1.54, 1.807) is 12.1 Å². The molecule has 0 heterocycles. The number of esters is 2. The van der Waals surface area contributed by atoms with Crippen molar-refractivity contribution in [3.05, 3.63) is 29.3 Å². The first-order chi connectivity index (χ1) is 9.13. The summed E-state index contributed by atoms with van der Waals surface area (Å²) in [5.74, 6) is -0.526. The minimum absolute atomic E-state index is 0.165. The molecule has 0 bridgehead atoms. The molecule has 1 aromatic carbocycles. The second-order valence-electron chi connectivity index (χ2n) is 4.40. The van der Waals surface area contributed by atoms with Crippen molar-refractivity contribution in [3.63, 3.8) is 0 Å². The summed E-state index contributed by atoms with van der Waals surface area (Å²) in [5, 5.41) is 0. The SMILES string of the molecule is COC(=O)c1cc(OC2CCC2)cc(C(=O)OC)c1. The fraction of sp³-hybridized carbons (Fsp3) is 0.429. The Balaban J connectivity index is 2.29. The van der Waals surface area contributed by atoms with E-state index < -0.39 is 11.9 Å². The van der Waals surface area contributed by atoms with Gasteiger partial charge in [0.15, 0.2) is 0 Å². The average molecular weight is 264 g/mol. The Morgan fingerprint density at radius 2 is 1.53 bits per heavy atom. The van der Waals surface area contributed by atoms with E-state index in [-0.39, 0.29) is 17.2 Å². The third-order valence-electron chi connectivity index (χ3n) is 3.10. The van der Waals surface area contributed by atoms with E-state index in [1.807, 2.05) is 0 Å². The monoisotopic (exact) mass is 264 g/mol. The zero-order valence-electron chi connectivity index (χ0n) is 11.0. The van der Waals surface area contributed by atoms with E-state index in [0.717, 1.165) is 19.3 Å². The molecule has 19 heavy (non-hydrogen) atoms. The largest absolute Gasteiger partial charge is 0.490 e. The zero-order valence-corrected chi connectivity index (χ0v) is 11.0. The lowest BCUT2D eigenvalue weighted by molar-refractivity contribution is 0.0595. The van der Waals surface area contributed by atoms with Gasteiger partial charge in [0, 0.05) is 0 Å². The second kappa shape index (κ2) is 5.73. The molecule has 2 rings (SSSR count). The van der Waals surface area contributed by atoms with Crippen LogP contribution in [0, 0.1) is 0 Å². The third kappa shape index (κ3) is 3.05. The number of carbonyl (C=O) groups excluding carboxylic acids is 2. The second-order valence-corrected chi connectivity index (χ2v) is 4.40. The van der Waals surface area contributed by atoms with Crippen molar-refractivity contribution in [1.29, 1.82) is 0 Å². The third-order valence-corrected chi connectivity index (χ3v) is 3.10. The minimum atomic E-state index is -0.510. The molecular formula is C14H16O5. The van der Waals surface area contributed by atoms with Crippen LogP contribution >= 0.6 is 0 Å². The molecular weight excluding hydrogens is 248 g/mol. The van der Waals surface area contributed by atoms with E-state index in [2.05, 4.69) is 9.47 Å². The molecule has 1 fully saturated rings. The van der Waals surface area contributed by atoms with Gasteiger partial charge in [-0.25, -0.2) is 9.59 Å². The van der Waals surface area contributed by atoms with Gasteiger partial charge in [-0.05, 0) is 37.5 Å². The van der Waals surface area contributed by atoms with E-state index in [9.17, 15) is 9.59 Å². The first-order valence-electron chi connectivity index (χ1n) is 6.12. The average Bonchev–Trinajstić information content (AvgIpc) is 2.40. The summed E-state index contributed by atoms with van der Waals surface area (Å²) in [4.78, 5) is 23.1. The molecule has 0 N–H and O–H groups in total. The topological polar surface area (TPSA) is 61.8 Å². The first-order valence-corrected chi connectivity index (χ1v) is 6.12. The molecule has 5 nitrogen and oxygen atoms in total. The normalized spacial score (nSPS) is 14.4. The van der Waals surface area contributed by atoms with Crippen molar-refractivity contribution in [3.8, 4) is 5.75 Å². The predicted molar refractivity (Wildman–Crippen MR) is 67.4 cm³/mol. The minimum Gasteiger partial charge on any atom is -0.490 e. The standard InChI is InChI=1S/C14H16O5/c1-17-13(15)9-6-10(14(16)18-2)8-12(7-9)19-11-4-3-5-11/h6-8,11H,3-5H2,1-2H3. The van der Waals surface area contributed by atoms with E-state index >= 15 is 0 Å². The number of methoxy groups -OCH3 is 2. The van der Waals surface area contributed by atoms with Crippen LogP contribution in [0.25, 0.3) is 0 Å². The Hall–Kier alpha value is -2.04. The number of ether oxygens (including phenoxy) is 3. The van der Waals surface area contributed by atoms with Gasteiger partial charge >= 0.3 is 11.9 Å². The van der Waals surface area contributed by atoms with Gasteiger partial charge < -0.3 is 14.2 Å². The van der Waals surface area contributed by atoms with Crippen LogP contribution in [0.5, 0.6) is 5.75 Å². The molecule has 0 atom stereocenters. The van der Waals surface area contributed by atoms with Crippen molar-refractivity contribution >= 4 is 11.9 Å². The lowest BCUT2D eigenvalue weighted by Crippen LogP contribution is -2.24. The van der Waals surface area contributed by atoms with Crippen molar-refractivity contribution in [1.82, 2.24) is 0 Å². The highest BCUT2D eigenvalue weighted by Gasteiger charge is 2.21. The van der Waals surface area contributed by atoms with Gasteiger partial charge in [0.1, 0.15) is 5.75 Å². The quantitative estimate of drug-likeness (QED) is 0.780. The van der Waals surface area contributed by atoms with Gasteiger partial charge in [-0.1, -0.05) is 0 Å². The number of rotatable bonds is 4. The fourth-order valence-electron chi connectivity index (χ4n) is 1.82. The van der Waals surface area contributed by atoms with Crippen LogP contribution in [-0.2, 0) is 9.47 Å². The van der Waals surface area contributed by atoms with Crippen molar-refractivity contribution in [2.75, 3.05) is 14.2 Å². The molecule has 1 aromatic rings. The summed E-state index contributed by atoms with van der Waals surface area (Å²) in [7, 11) is 2.58. The van der Waals surface area contributed by atoms with Crippen LogP contribution < -0.4 is 4.74 Å². The number of hydrogen-bond donors (Lipinski definition) is 0. The molecule has 0 spiro atoms. The summed E-state index contributed by atoms with van der Waals surface area (Å²) >= 11 is 0. The van der Waals surface area contributed by atoms with Crippen molar-refractivity contribution in [2.24, 2.45) is 0 Å². The summed E-state index contributed by atoms with van der Waals surface area (Å²) < 4.78 is 15.0. The smallest absolute Gasteiger partial charge is 0.338 e. The van der Waals surface area contributed by atoms with Crippen LogP contribution in [0.1, 0.15) is 40.0 Å². The van der Waals surface area contributed by atoms with Crippen LogP contribution in [-0.4, -0.2) is 32.3 Å². The van der Waals surface area contributed by atoms with Crippen LogP contribution in [0.3, 0.4) is 0 Å². The molecule has 1 saturated carbocycles. The maximum absolute atomic E-state index is 11.6. The molecule has 1 aliphatic carbocycles. The predicted octanol–water partition coefficient (Wildman–Crippen LogP) is 2.19. The highest BCUT2D eigenvalue weighted by molar-refractivity contribution is 5.96. The van der Waals surface area contributed by atoms with Gasteiger partial charge in [0.2, 0.25) is 0 Å². The van der Waals surface area contributed by atoms with Gasteiger partial charge in [-0.15, -0.1) is 0 Å². The summed E-state index contributed by atoms with van der Waals surface area (Å²) in [6.07, 6.45) is 3.30. The Bertz CT molecular complexity index is 456. The van der Waals surface area contributed by atoms with Crippen LogP contribution in [0.15, 0.2) is 18.2 Å². The molecule has 0 amide bonds. The molecule has 0 aliphatic heterocycles. The maximum Gasteiger partial charge on any atom is 0.338 e. The zero-order chi connectivity index (χ0) is 13.8. The molecule has 0 saturated heterocycles.